The Labute approximate surface area is 110 Å². The molecule has 0 aliphatic carbocycles. The summed E-state index contributed by atoms with van der Waals surface area (Å²) in [5.74, 6) is 6.01. The first-order valence-corrected chi connectivity index (χ1v) is 5.63. The van der Waals surface area contributed by atoms with Crippen molar-refractivity contribution in [2.45, 2.75) is 6.61 Å². The minimum Gasteiger partial charge on any atom is -0.489 e. The third-order valence-electron chi connectivity index (χ3n) is 2.52. The molecule has 0 bridgehead atoms. The number of hydrogen-bond acceptors (Lipinski definition) is 5. The Kier molecular flexibility index (Phi) is 3.94. The fourth-order valence-electron chi connectivity index (χ4n) is 1.48. The third-order valence-corrected chi connectivity index (χ3v) is 2.52. The fourth-order valence-corrected chi connectivity index (χ4v) is 1.48. The number of pyridine rings is 1. The number of carbonyl (C=O) groups excluding carboxylic acids is 1. The molecule has 0 radical (unpaired) electrons. The Morgan fingerprint density at radius 2 is 1.95 bits per heavy atom. The highest BCUT2D eigenvalue weighted by Crippen LogP contribution is 2.14. The molecule has 0 saturated heterocycles. The topological polar surface area (TPSA) is 103 Å². The third kappa shape index (κ3) is 3.43. The number of ether oxygens (including phenoxy) is 1. The molecule has 6 nitrogen and oxygen atoms in total. The van der Waals surface area contributed by atoms with Crippen molar-refractivity contribution in [3.63, 3.8) is 0 Å². The van der Waals surface area contributed by atoms with Crippen LogP contribution < -0.4 is 21.7 Å². The van der Waals surface area contributed by atoms with Gasteiger partial charge in [0.05, 0.1) is 0 Å². The van der Waals surface area contributed by atoms with Gasteiger partial charge in [-0.3, -0.25) is 4.79 Å². The number of anilines is 1. The fraction of sp³-hybridized carbons (Fsp3) is 0.0769. The Bertz CT molecular complexity index is 552. The molecule has 0 saturated carbocycles. The zero-order valence-corrected chi connectivity index (χ0v) is 10.2. The van der Waals surface area contributed by atoms with Crippen molar-refractivity contribution in [1.82, 2.24) is 4.98 Å². The normalized spacial score (nSPS) is 9.95. The summed E-state index contributed by atoms with van der Waals surface area (Å²) < 4.78 is 5.56. The lowest BCUT2D eigenvalue weighted by Crippen LogP contribution is -2.10. The van der Waals surface area contributed by atoms with Crippen molar-refractivity contribution in [3.8, 4) is 5.75 Å². The highest BCUT2D eigenvalue weighted by Gasteiger charge is 2.01. The van der Waals surface area contributed by atoms with Crippen molar-refractivity contribution in [2.75, 3.05) is 5.43 Å². The molecule has 5 N–H and O–H groups in total. The number of amides is 1. The summed E-state index contributed by atoms with van der Waals surface area (Å²) in [6.45, 7) is 0.383. The predicted molar refractivity (Wildman–Crippen MR) is 71.3 cm³/mol. The zero-order valence-electron chi connectivity index (χ0n) is 10.2. The van der Waals surface area contributed by atoms with Crippen LogP contribution in [0.1, 0.15) is 15.9 Å². The maximum absolute atomic E-state index is 10.9. The standard InChI is InChI=1S/C13H14N4O2/c14-13(18)10-2-4-11(5-3-10)19-8-9-1-6-12(17-15)16-7-9/h1-7H,8,15H2,(H2,14,18)(H,16,17). The maximum Gasteiger partial charge on any atom is 0.248 e. The van der Waals surface area contributed by atoms with Gasteiger partial charge in [0, 0.05) is 17.3 Å². The van der Waals surface area contributed by atoms with Crippen molar-refractivity contribution in [2.24, 2.45) is 11.6 Å². The molecule has 0 fully saturated rings. The molecule has 0 spiro atoms. The van der Waals surface area contributed by atoms with E-state index in [0.29, 0.717) is 23.7 Å². The monoisotopic (exact) mass is 258 g/mol. The second kappa shape index (κ2) is 5.83. The van der Waals surface area contributed by atoms with Crippen LogP contribution in [0, 0.1) is 0 Å². The number of nitrogen functional groups attached to an aromatic ring is 1. The highest BCUT2D eigenvalue weighted by molar-refractivity contribution is 5.92. The zero-order chi connectivity index (χ0) is 13.7. The second-order valence-electron chi connectivity index (χ2n) is 3.87. The Morgan fingerprint density at radius 1 is 1.21 bits per heavy atom. The molecule has 1 aromatic carbocycles. The molecule has 2 rings (SSSR count). The number of carbonyl (C=O) groups is 1. The van der Waals surface area contributed by atoms with Gasteiger partial charge in [0.2, 0.25) is 5.91 Å². The van der Waals surface area contributed by atoms with E-state index in [9.17, 15) is 4.79 Å². The molecule has 6 heteroatoms. The molecule has 0 atom stereocenters. The van der Waals surface area contributed by atoms with E-state index in [0.717, 1.165) is 5.56 Å². The van der Waals surface area contributed by atoms with Gasteiger partial charge in [0.25, 0.3) is 0 Å². The van der Waals surface area contributed by atoms with E-state index >= 15 is 0 Å². The van der Waals surface area contributed by atoms with E-state index in [1.165, 1.54) is 0 Å². The van der Waals surface area contributed by atoms with Crippen molar-refractivity contribution >= 4 is 11.7 Å². The van der Waals surface area contributed by atoms with Crippen LogP contribution in [0.15, 0.2) is 42.6 Å². The first-order chi connectivity index (χ1) is 9.19. The quantitative estimate of drug-likeness (QED) is 0.549. The highest BCUT2D eigenvalue weighted by atomic mass is 16.5. The van der Waals surface area contributed by atoms with Crippen LogP contribution in [-0.4, -0.2) is 10.9 Å². The molecule has 0 aliphatic heterocycles. The SMILES string of the molecule is NNc1ccc(COc2ccc(C(N)=O)cc2)cn1. The van der Waals surface area contributed by atoms with Gasteiger partial charge in [-0.05, 0) is 30.3 Å². The minimum atomic E-state index is -0.458. The molecule has 2 aromatic rings. The number of hydrazine groups is 1. The summed E-state index contributed by atoms with van der Waals surface area (Å²) in [6, 6.07) is 10.3. The maximum atomic E-state index is 10.9. The molecular formula is C13H14N4O2. The van der Waals surface area contributed by atoms with Gasteiger partial charge in [0.15, 0.2) is 0 Å². The molecular weight excluding hydrogens is 244 g/mol. The van der Waals surface area contributed by atoms with Gasteiger partial charge in [-0.2, -0.15) is 0 Å². The lowest BCUT2D eigenvalue weighted by molar-refractivity contribution is 0.100. The van der Waals surface area contributed by atoms with Gasteiger partial charge in [-0.15, -0.1) is 0 Å². The Morgan fingerprint density at radius 3 is 2.47 bits per heavy atom. The van der Waals surface area contributed by atoms with Crippen LogP contribution in [0.25, 0.3) is 0 Å². The average Bonchev–Trinajstić information content (AvgIpc) is 2.46. The van der Waals surface area contributed by atoms with Crippen molar-refractivity contribution in [3.05, 3.63) is 53.7 Å². The smallest absolute Gasteiger partial charge is 0.248 e. The summed E-state index contributed by atoms with van der Waals surface area (Å²) in [4.78, 5) is 15.0. The van der Waals surface area contributed by atoms with Crippen LogP contribution in [0.3, 0.4) is 0 Å². The number of rotatable bonds is 5. The van der Waals surface area contributed by atoms with Crippen molar-refractivity contribution in [1.29, 1.82) is 0 Å². The average molecular weight is 258 g/mol. The first kappa shape index (κ1) is 12.8. The van der Waals surface area contributed by atoms with E-state index < -0.39 is 5.91 Å². The van der Waals surface area contributed by atoms with Gasteiger partial charge in [-0.25, -0.2) is 10.8 Å². The molecule has 0 aliphatic rings. The van der Waals surface area contributed by atoms with E-state index in [4.69, 9.17) is 16.3 Å². The lowest BCUT2D eigenvalue weighted by atomic mass is 10.2. The van der Waals surface area contributed by atoms with Gasteiger partial charge in [0.1, 0.15) is 18.2 Å². The van der Waals surface area contributed by atoms with Gasteiger partial charge < -0.3 is 15.9 Å². The summed E-state index contributed by atoms with van der Waals surface area (Å²) in [5.41, 5.74) is 8.97. The largest absolute Gasteiger partial charge is 0.489 e. The van der Waals surface area contributed by atoms with Crippen LogP contribution in [0.5, 0.6) is 5.75 Å². The number of hydrogen-bond donors (Lipinski definition) is 3. The summed E-state index contributed by atoms with van der Waals surface area (Å²) >= 11 is 0. The summed E-state index contributed by atoms with van der Waals surface area (Å²) in [6.07, 6.45) is 1.67. The number of benzene rings is 1. The van der Waals surface area contributed by atoms with Crippen LogP contribution in [0.2, 0.25) is 0 Å². The van der Waals surface area contributed by atoms with E-state index in [-0.39, 0.29) is 0 Å². The molecule has 1 heterocycles. The molecule has 0 unspecified atom stereocenters. The number of primary amides is 1. The van der Waals surface area contributed by atoms with E-state index in [1.807, 2.05) is 6.07 Å². The molecule has 98 valence electrons. The van der Waals surface area contributed by atoms with Crippen LogP contribution in [-0.2, 0) is 6.61 Å². The Balaban J connectivity index is 1.95. The van der Waals surface area contributed by atoms with E-state index in [2.05, 4.69) is 10.4 Å². The molecule has 1 aromatic heterocycles. The first-order valence-electron chi connectivity index (χ1n) is 5.63. The summed E-state index contributed by atoms with van der Waals surface area (Å²) in [7, 11) is 0. The van der Waals surface area contributed by atoms with Gasteiger partial charge >= 0.3 is 0 Å². The molecule has 1 amide bonds. The second-order valence-corrected chi connectivity index (χ2v) is 3.87. The lowest BCUT2D eigenvalue weighted by Gasteiger charge is -2.07. The van der Waals surface area contributed by atoms with Crippen molar-refractivity contribution < 1.29 is 9.53 Å². The molecule has 19 heavy (non-hydrogen) atoms. The summed E-state index contributed by atoms with van der Waals surface area (Å²) in [5, 5.41) is 0. The number of aromatic nitrogens is 1. The Hall–Kier alpha value is -2.60. The van der Waals surface area contributed by atoms with Crippen LogP contribution in [0.4, 0.5) is 5.82 Å². The number of nitrogens with two attached hydrogens (primary N) is 2. The van der Waals surface area contributed by atoms with E-state index in [1.54, 1.807) is 36.5 Å². The van der Waals surface area contributed by atoms with Gasteiger partial charge in [-0.1, -0.05) is 6.07 Å². The number of nitrogens with one attached hydrogen (secondary N) is 1. The van der Waals surface area contributed by atoms with Crippen LogP contribution >= 0.6 is 0 Å². The minimum absolute atomic E-state index is 0.383. The predicted octanol–water partition coefficient (Wildman–Crippen LogP) is 1.05. The number of nitrogens with zero attached hydrogens (tertiary/aromatic N) is 1.